The number of hydrogen-bond donors (Lipinski definition) is 0. The van der Waals surface area contributed by atoms with E-state index in [1.807, 2.05) is 96.9 Å². The normalized spacial score (nSPS) is 19.2. The molecule has 0 aliphatic rings. The number of carbonyl (C=O) groups is 2. The van der Waals surface area contributed by atoms with Crippen molar-refractivity contribution in [2.24, 2.45) is 58.2 Å². The summed E-state index contributed by atoms with van der Waals surface area (Å²) in [6, 6.07) is 0. The predicted octanol–water partition coefficient (Wildman–Crippen LogP) is 11.5. The fraction of sp³-hybridized carbons (Fsp3) is 0.957. The monoisotopic (exact) mass is 867 g/mol. The molecule has 0 amide bonds. The lowest BCUT2D eigenvalue weighted by atomic mass is 9.72. The van der Waals surface area contributed by atoms with Gasteiger partial charge in [-0.2, -0.15) is 29.3 Å². The average Bonchev–Trinajstić information content (AvgIpc) is 3.06. The van der Waals surface area contributed by atoms with Crippen LogP contribution in [0.15, 0.2) is 0 Å². The number of hydrogen-bond acceptors (Lipinski definition) is 14. The minimum absolute atomic E-state index is 0.0633. The third-order valence-electron chi connectivity index (χ3n) is 9.65. The summed E-state index contributed by atoms with van der Waals surface area (Å²) in [5, 5.41) is 0. The Balaban J connectivity index is 7.81. The topological polar surface area (TPSA) is 145 Å². The smallest absolute Gasteiger partial charge is 0.347 e. The molecular formula is C46H90O14. The average molecular weight is 867 g/mol. The summed E-state index contributed by atoms with van der Waals surface area (Å²) in [4.78, 5) is 87.7. The number of carbonyl (C=O) groups excluding carboxylic acids is 2. The standard InChI is InChI=1S/C46H90O14/c1-29(2)25-43(21,55-53-39(47)41(15,16)17)37(33(9)10)45(23,57-51-35(13)49-27-31(5)6)59-60-46(24,58-52-36(14)50-28-32(7)8)38(34(11)12)44(22,26-30(3)4)56-54-40(48)42(18,19)20/h29-38H,25-28H2,1-24H3. The first-order chi connectivity index (χ1) is 27.0. The van der Waals surface area contributed by atoms with Crippen LogP contribution < -0.4 is 0 Å². The highest BCUT2D eigenvalue weighted by Gasteiger charge is 2.59. The molecule has 0 aliphatic carbocycles. The van der Waals surface area contributed by atoms with Crippen LogP contribution in [-0.2, 0) is 67.9 Å². The molecular weight excluding hydrogens is 776 g/mol. The van der Waals surface area contributed by atoms with Gasteiger partial charge in [0, 0.05) is 0 Å². The molecule has 0 N–H and O–H groups in total. The largest absolute Gasteiger partial charge is 0.350 e. The molecule has 0 rings (SSSR count). The molecule has 0 fully saturated rings. The van der Waals surface area contributed by atoms with E-state index in [9.17, 15) is 9.59 Å². The van der Waals surface area contributed by atoms with Gasteiger partial charge in [0.05, 0.1) is 35.9 Å². The highest BCUT2D eigenvalue weighted by atomic mass is 17.4. The SMILES string of the molecule is CC(C)COC(C)OOC(C)(OOC(C)(OOC(C)OCC(C)C)C(C(C)C)C(C)(CC(C)C)OOC(=O)C(C)(C)C)C(C(C)C)C(C)(CC(C)C)OOC(=O)C(C)(C)C. The molecule has 8 atom stereocenters. The van der Waals surface area contributed by atoms with Crippen molar-refractivity contribution in [3.05, 3.63) is 0 Å². The lowest BCUT2D eigenvalue weighted by Crippen LogP contribution is -2.60. The number of ether oxygens (including phenoxy) is 2. The predicted molar refractivity (Wildman–Crippen MR) is 229 cm³/mol. The van der Waals surface area contributed by atoms with Gasteiger partial charge in [0.1, 0.15) is 11.2 Å². The molecule has 0 bridgehead atoms. The van der Waals surface area contributed by atoms with E-state index in [2.05, 4.69) is 0 Å². The summed E-state index contributed by atoms with van der Waals surface area (Å²) < 4.78 is 11.8. The molecule has 14 heteroatoms. The second kappa shape index (κ2) is 24.6. The Hall–Kier alpha value is -1.46. The third-order valence-corrected chi connectivity index (χ3v) is 9.65. The minimum atomic E-state index is -1.83. The fourth-order valence-corrected chi connectivity index (χ4v) is 7.73. The molecule has 0 spiro atoms. The molecule has 14 nitrogen and oxygen atoms in total. The van der Waals surface area contributed by atoms with Crippen molar-refractivity contribution < 1.29 is 67.9 Å². The van der Waals surface area contributed by atoms with Crippen molar-refractivity contribution >= 4 is 11.9 Å². The molecule has 60 heavy (non-hydrogen) atoms. The summed E-state index contributed by atoms with van der Waals surface area (Å²) in [7, 11) is 0. The third kappa shape index (κ3) is 19.9. The zero-order chi connectivity index (χ0) is 47.2. The highest BCUT2D eigenvalue weighted by molar-refractivity contribution is 5.75. The van der Waals surface area contributed by atoms with Crippen LogP contribution in [0.2, 0.25) is 0 Å². The second-order valence-corrected chi connectivity index (χ2v) is 21.8. The number of rotatable bonds is 29. The Labute approximate surface area is 364 Å². The molecule has 358 valence electrons. The summed E-state index contributed by atoms with van der Waals surface area (Å²) >= 11 is 0. The van der Waals surface area contributed by atoms with Gasteiger partial charge >= 0.3 is 11.9 Å². The molecule has 0 saturated carbocycles. The maximum Gasteiger partial charge on any atom is 0.347 e. The summed E-state index contributed by atoms with van der Waals surface area (Å²) in [5.74, 6) is -6.24. The Morgan fingerprint density at radius 3 is 0.900 bits per heavy atom. The van der Waals surface area contributed by atoms with Gasteiger partial charge in [-0.1, -0.05) is 83.1 Å². The van der Waals surface area contributed by atoms with Crippen molar-refractivity contribution in [1.29, 1.82) is 0 Å². The van der Waals surface area contributed by atoms with Crippen molar-refractivity contribution in [3.63, 3.8) is 0 Å². The Morgan fingerprint density at radius 2 is 0.683 bits per heavy atom. The van der Waals surface area contributed by atoms with Crippen molar-refractivity contribution in [2.75, 3.05) is 13.2 Å². The van der Waals surface area contributed by atoms with Crippen molar-refractivity contribution in [1.82, 2.24) is 0 Å². The summed E-state index contributed by atoms with van der Waals surface area (Å²) in [6.07, 6.45) is -0.838. The van der Waals surface area contributed by atoms with E-state index in [0.29, 0.717) is 26.1 Å². The molecule has 8 unspecified atom stereocenters. The van der Waals surface area contributed by atoms with Crippen LogP contribution in [0.4, 0.5) is 0 Å². The minimum Gasteiger partial charge on any atom is -0.350 e. The van der Waals surface area contributed by atoms with Crippen LogP contribution in [0.3, 0.4) is 0 Å². The van der Waals surface area contributed by atoms with Gasteiger partial charge in [0.25, 0.3) is 0 Å². The molecule has 0 saturated heterocycles. The molecule has 0 aromatic carbocycles. The van der Waals surface area contributed by atoms with E-state index in [1.54, 1.807) is 69.2 Å². The maximum atomic E-state index is 13.1. The Morgan fingerprint density at radius 1 is 0.400 bits per heavy atom. The maximum absolute atomic E-state index is 13.1. The van der Waals surface area contributed by atoms with Crippen LogP contribution in [0.1, 0.15) is 179 Å². The Kier molecular flexibility index (Phi) is 24.0. The van der Waals surface area contributed by atoms with E-state index in [0.717, 1.165) is 0 Å². The lowest BCUT2D eigenvalue weighted by Gasteiger charge is -2.49. The van der Waals surface area contributed by atoms with Gasteiger partial charge < -0.3 is 9.47 Å². The lowest BCUT2D eigenvalue weighted by molar-refractivity contribution is -0.613. The molecule has 0 radical (unpaired) electrons. The fourth-order valence-electron chi connectivity index (χ4n) is 7.73. The first-order valence-corrected chi connectivity index (χ1v) is 22.1. The molecule has 0 aromatic rings. The molecule has 0 aliphatic heterocycles. The summed E-state index contributed by atoms with van der Waals surface area (Å²) in [5.41, 5.74) is -4.17. The van der Waals surface area contributed by atoms with Gasteiger partial charge in [-0.3, -0.25) is 9.78 Å². The quantitative estimate of drug-likeness (QED) is 0.0399. The Bertz CT molecular complexity index is 1150. The molecule has 0 aromatic heterocycles. The van der Waals surface area contributed by atoms with E-state index in [4.69, 9.17) is 58.3 Å². The van der Waals surface area contributed by atoms with Crippen LogP contribution in [0.5, 0.6) is 0 Å². The zero-order valence-corrected chi connectivity index (χ0v) is 42.3. The van der Waals surface area contributed by atoms with E-state index >= 15 is 0 Å². The zero-order valence-electron chi connectivity index (χ0n) is 42.3. The van der Waals surface area contributed by atoms with Crippen LogP contribution in [0, 0.1) is 58.2 Å². The van der Waals surface area contributed by atoms with E-state index < -0.39 is 70.0 Å². The first kappa shape index (κ1) is 58.5. The van der Waals surface area contributed by atoms with Gasteiger partial charge in [0.15, 0.2) is 12.6 Å². The van der Waals surface area contributed by atoms with Gasteiger partial charge in [-0.15, -0.1) is 0 Å². The highest BCUT2D eigenvalue weighted by Crippen LogP contribution is 2.48. The van der Waals surface area contributed by atoms with Crippen molar-refractivity contribution in [3.8, 4) is 0 Å². The van der Waals surface area contributed by atoms with Gasteiger partial charge in [-0.25, -0.2) is 19.4 Å². The van der Waals surface area contributed by atoms with Crippen molar-refractivity contribution in [2.45, 2.75) is 214 Å². The van der Waals surface area contributed by atoms with E-state index in [1.165, 1.54) is 0 Å². The summed E-state index contributed by atoms with van der Waals surface area (Å²) in [6.45, 7) is 45.9. The second-order valence-electron chi connectivity index (χ2n) is 21.8. The van der Waals surface area contributed by atoms with Crippen LogP contribution >= 0.6 is 0 Å². The first-order valence-electron chi connectivity index (χ1n) is 22.1. The molecule has 0 heterocycles. The van der Waals surface area contributed by atoms with E-state index in [-0.39, 0.29) is 35.5 Å². The van der Waals surface area contributed by atoms with Gasteiger partial charge in [-0.05, 0) is 131 Å². The van der Waals surface area contributed by atoms with Gasteiger partial charge in [0.2, 0.25) is 11.6 Å². The van der Waals surface area contributed by atoms with Crippen LogP contribution in [0.25, 0.3) is 0 Å². The van der Waals surface area contributed by atoms with Crippen LogP contribution in [-0.4, -0.2) is 60.5 Å².